The number of carbonyl (C=O) groups excluding carboxylic acids is 1. The summed E-state index contributed by atoms with van der Waals surface area (Å²) in [6, 6.07) is 6.91. The van der Waals surface area contributed by atoms with E-state index in [-0.39, 0.29) is 12.3 Å². The van der Waals surface area contributed by atoms with Gasteiger partial charge in [-0.05, 0) is 38.5 Å². The second-order valence-electron chi connectivity index (χ2n) is 7.27. The summed E-state index contributed by atoms with van der Waals surface area (Å²) in [5, 5.41) is 2.49. The van der Waals surface area contributed by atoms with Crippen LogP contribution < -0.4 is 11.1 Å². The molecule has 3 atom stereocenters. The van der Waals surface area contributed by atoms with Gasteiger partial charge in [0.25, 0.3) is 0 Å². The van der Waals surface area contributed by atoms with Gasteiger partial charge in [-0.1, -0.05) is 30.7 Å². The summed E-state index contributed by atoms with van der Waals surface area (Å²) in [5.41, 5.74) is 4.92. The van der Waals surface area contributed by atoms with E-state index in [1.807, 2.05) is 0 Å². The molecule has 0 unspecified atom stereocenters. The molecule has 0 heterocycles. The Hall–Kier alpha value is -1.31. The van der Waals surface area contributed by atoms with E-state index in [4.69, 9.17) is 22.1 Å². The maximum Gasteiger partial charge on any atom is 0.408 e. The quantitative estimate of drug-likeness (QED) is 0.807. The van der Waals surface area contributed by atoms with E-state index in [1.165, 1.54) is 0 Å². The maximum atomic E-state index is 12.6. The third-order valence-corrected chi connectivity index (χ3v) is 6.87. The molecule has 1 amide bonds. The van der Waals surface area contributed by atoms with Gasteiger partial charge in [-0.15, -0.1) is 0 Å². The molecule has 0 spiro atoms. The number of hydrogen-bond donors (Lipinski definition) is 2. The van der Waals surface area contributed by atoms with Gasteiger partial charge in [-0.3, -0.25) is 0 Å². The van der Waals surface area contributed by atoms with E-state index in [0.29, 0.717) is 5.02 Å². The summed E-state index contributed by atoms with van der Waals surface area (Å²) in [7, 11) is -3.42. The van der Waals surface area contributed by atoms with Gasteiger partial charge in [0.05, 0.1) is 10.8 Å². The van der Waals surface area contributed by atoms with Crippen LogP contribution in [-0.2, 0) is 14.6 Å². The molecule has 1 aliphatic carbocycles. The Kier molecular flexibility index (Phi) is 5.42. The Balaban J connectivity index is 2.38. The smallest absolute Gasteiger partial charge is 0.408 e. The van der Waals surface area contributed by atoms with Crippen LogP contribution in [0.4, 0.5) is 4.79 Å². The lowest BCUT2D eigenvalue weighted by Crippen LogP contribution is -2.49. The molecule has 0 saturated heterocycles. The minimum Gasteiger partial charge on any atom is -0.444 e. The highest BCUT2D eigenvalue weighted by Gasteiger charge is 2.71. The lowest BCUT2D eigenvalue weighted by Gasteiger charge is -2.24. The summed E-state index contributed by atoms with van der Waals surface area (Å²) in [6.45, 7) is 6.80. The monoisotopic (exact) mass is 388 g/mol. The molecule has 0 bridgehead atoms. The first-order chi connectivity index (χ1) is 11.5. The molecule has 1 aliphatic rings. The standard InChI is InChI=1S/C17H25ClN2O4S/c1-5-25(22,23)14-13(11-6-8-12(18)9-7-11)17(14,10-19)20-15(21)24-16(2,3)4/h6-9,13-14H,5,10,19H2,1-4H3,(H,20,21)/t13-,14+,17-/m0/s1. The number of nitrogens with two attached hydrogens (primary N) is 1. The molecule has 25 heavy (non-hydrogen) atoms. The SMILES string of the molecule is CCS(=O)(=O)[C@@H]1[C@H](c2ccc(Cl)cc2)[C@]1(CN)NC(=O)OC(C)(C)C. The normalized spacial score (nSPS) is 26.2. The number of sulfone groups is 1. The Labute approximate surface area is 154 Å². The molecular formula is C17H25ClN2O4S. The minimum atomic E-state index is -3.42. The van der Waals surface area contributed by atoms with Gasteiger partial charge < -0.3 is 15.8 Å². The van der Waals surface area contributed by atoms with Gasteiger partial charge in [0.15, 0.2) is 9.84 Å². The Morgan fingerprint density at radius 2 is 1.88 bits per heavy atom. The Bertz CT molecular complexity index is 743. The zero-order valence-electron chi connectivity index (χ0n) is 14.9. The zero-order chi connectivity index (χ0) is 19.0. The van der Waals surface area contributed by atoms with Crippen LogP contribution in [0, 0.1) is 0 Å². The molecule has 1 aromatic carbocycles. The predicted octanol–water partition coefficient (Wildman–Crippen LogP) is 2.46. The van der Waals surface area contributed by atoms with Crippen molar-refractivity contribution >= 4 is 27.5 Å². The molecule has 1 fully saturated rings. The molecule has 3 N–H and O–H groups in total. The number of nitrogens with one attached hydrogen (secondary N) is 1. The van der Waals surface area contributed by atoms with Crippen molar-refractivity contribution in [3.8, 4) is 0 Å². The first-order valence-electron chi connectivity index (χ1n) is 8.15. The molecule has 140 valence electrons. The molecule has 0 aliphatic heterocycles. The van der Waals surface area contributed by atoms with Gasteiger partial charge in [-0.2, -0.15) is 0 Å². The van der Waals surface area contributed by atoms with Crippen LogP contribution in [0.15, 0.2) is 24.3 Å². The number of alkyl carbamates (subject to hydrolysis) is 1. The molecule has 8 heteroatoms. The minimum absolute atomic E-state index is 0.0105. The van der Waals surface area contributed by atoms with Crippen molar-refractivity contribution in [1.82, 2.24) is 5.32 Å². The van der Waals surface area contributed by atoms with Crippen LogP contribution in [0.3, 0.4) is 0 Å². The molecule has 6 nitrogen and oxygen atoms in total. The summed E-state index contributed by atoms with van der Waals surface area (Å²) in [6.07, 6.45) is -0.675. The van der Waals surface area contributed by atoms with Crippen molar-refractivity contribution in [2.24, 2.45) is 5.73 Å². The van der Waals surface area contributed by atoms with E-state index in [1.54, 1.807) is 52.0 Å². The molecule has 1 aromatic rings. The average molecular weight is 389 g/mol. The number of rotatable bonds is 5. The average Bonchev–Trinajstić information content (AvgIpc) is 3.15. The Morgan fingerprint density at radius 1 is 1.32 bits per heavy atom. The molecule has 2 rings (SSSR count). The van der Waals surface area contributed by atoms with Crippen LogP contribution in [0.1, 0.15) is 39.2 Å². The van der Waals surface area contributed by atoms with E-state index >= 15 is 0 Å². The number of ether oxygens (including phenoxy) is 1. The molecule has 1 saturated carbocycles. The highest BCUT2D eigenvalue weighted by Crippen LogP contribution is 2.55. The second kappa shape index (κ2) is 6.78. The Morgan fingerprint density at radius 3 is 2.32 bits per heavy atom. The van der Waals surface area contributed by atoms with Crippen molar-refractivity contribution < 1.29 is 17.9 Å². The van der Waals surface area contributed by atoms with E-state index in [2.05, 4.69) is 5.32 Å². The second-order valence-corrected chi connectivity index (χ2v) is 10.1. The third kappa shape index (κ3) is 4.10. The summed E-state index contributed by atoms with van der Waals surface area (Å²) in [4.78, 5) is 12.3. The van der Waals surface area contributed by atoms with Crippen LogP contribution >= 0.6 is 11.6 Å². The first kappa shape index (κ1) is 20.0. The van der Waals surface area contributed by atoms with E-state index in [9.17, 15) is 13.2 Å². The summed E-state index contributed by atoms with van der Waals surface area (Å²) in [5.74, 6) is -0.466. The fourth-order valence-electron chi connectivity index (χ4n) is 3.19. The van der Waals surface area contributed by atoms with Crippen molar-refractivity contribution in [2.75, 3.05) is 12.3 Å². The van der Waals surface area contributed by atoms with Crippen LogP contribution in [-0.4, -0.2) is 43.2 Å². The number of amides is 1. The summed E-state index contributed by atoms with van der Waals surface area (Å²) < 4.78 is 30.5. The largest absolute Gasteiger partial charge is 0.444 e. The molecular weight excluding hydrogens is 364 g/mol. The number of hydrogen-bond acceptors (Lipinski definition) is 5. The maximum absolute atomic E-state index is 12.6. The molecule has 0 radical (unpaired) electrons. The topological polar surface area (TPSA) is 98.5 Å². The summed E-state index contributed by atoms with van der Waals surface area (Å²) >= 11 is 5.92. The van der Waals surface area contributed by atoms with Gasteiger partial charge in [-0.25, -0.2) is 13.2 Å². The van der Waals surface area contributed by atoms with Crippen molar-refractivity contribution in [2.45, 2.75) is 50.0 Å². The highest BCUT2D eigenvalue weighted by atomic mass is 35.5. The van der Waals surface area contributed by atoms with Crippen LogP contribution in [0.5, 0.6) is 0 Å². The lowest BCUT2D eigenvalue weighted by molar-refractivity contribution is 0.0497. The van der Waals surface area contributed by atoms with Gasteiger partial charge in [0.2, 0.25) is 0 Å². The third-order valence-electron chi connectivity index (χ3n) is 4.35. The first-order valence-corrected chi connectivity index (χ1v) is 10.2. The van der Waals surface area contributed by atoms with E-state index in [0.717, 1.165) is 5.56 Å². The van der Waals surface area contributed by atoms with Crippen molar-refractivity contribution in [3.63, 3.8) is 0 Å². The number of carbonyl (C=O) groups is 1. The molecule has 0 aromatic heterocycles. The number of benzene rings is 1. The van der Waals surface area contributed by atoms with Gasteiger partial charge in [0.1, 0.15) is 5.60 Å². The number of halogens is 1. The van der Waals surface area contributed by atoms with Gasteiger partial charge >= 0.3 is 6.09 Å². The van der Waals surface area contributed by atoms with Crippen molar-refractivity contribution in [1.29, 1.82) is 0 Å². The van der Waals surface area contributed by atoms with Crippen molar-refractivity contribution in [3.05, 3.63) is 34.9 Å². The fourth-order valence-corrected chi connectivity index (χ4v) is 5.35. The van der Waals surface area contributed by atoms with Crippen LogP contribution in [0.2, 0.25) is 5.02 Å². The van der Waals surface area contributed by atoms with E-state index < -0.39 is 38.2 Å². The highest BCUT2D eigenvalue weighted by molar-refractivity contribution is 7.92. The lowest BCUT2D eigenvalue weighted by atomic mass is 10.1. The predicted molar refractivity (Wildman–Crippen MR) is 98.6 cm³/mol. The zero-order valence-corrected chi connectivity index (χ0v) is 16.4. The van der Waals surface area contributed by atoms with Gasteiger partial charge in [0, 0.05) is 23.2 Å². The fraction of sp³-hybridized carbons (Fsp3) is 0.588. The van der Waals surface area contributed by atoms with Crippen LogP contribution in [0.25, 0.3) is 0 Å².